The van der Waals surface area contributed by atoms with Crippen LogP contribution in [0.15, 0.2) is 30.3 Å². The molecule has 0 radical (unpaired) electrons. The van der Waals surface area contributed by atoms with Crippen molar-refractivity contribution < 1.29 is 9.53 Å². The first-order valence-electron chi connectivity index (χ1n) is 7.48. The fourth-order valence-electron chi connectivity index (χ4n) is 2.48. The molecule has 1 saturated heterocycles. The van der Waals surface area contributed by atoms with Gasteiger partial charge in [0, 0.05) is 26.2 Å². The molecule has 1 aromatic carbocycles. The SMILES string of the molecule is CCNC(=O)N1CCC(OCCCc2ccccc2)C1. The van der Waals surface area contributed by atoms with Gasteiger partial charge in [-0.25, -0.2) is 4.79 Å². The van der Waals surface area contributed by atoms with Gasteiger partial charge >= 0.3 is 6.03 Å². The molecule has 1 aromatic rings. The van der Waals surface area contributed by atoms with Crippen molar-refractivity contribution in [3.05, 3.63) is 35.9 Å². The fourth-order valence-corrected chi connectivity index (χ4v) is 2.48. The van der Waals surface area contributed by atoms with Crippen LogP contribution in [0, 0.1) is 0 Å². The van der Waals surface area contributed by atoms with E-state index in [9.17, 15) is 4.79 Å². The van der Waals surface area contributed by atoms with E-state index >= 15 is 0 Å². The van der Waals surface area contributed by atoms with Gasteiger partial charge in [0.25, 0.3) is 0 Å². The van der Waals surface area contributed by atoms with E-state index < -0.39 is 0 Å². The number of nitrogens with zero attached hydrogens (tertiary/aromatic N) is 1. The molecule has 20 heavy (non-hydrogen) atoms. The molecule has 4 heteroatoms. The van der Waals surface area contributed by atoms with E-state index in [4.69, 9.17) is 4.74 Å². The van der Waals surface area contributed by atoms with E-state index in [2.05, 4.69) is 29.6 Å². The van der Waals surface area contributed by atoms with Crippen LogP contribution in [0.5, 0.6) is 0 Å². The van der Waals surface area contributed by atoms with Crippen LogP contribution in [-0.2, 0) is 11.2 Å². The zero-order valence-electron chi connectivity index (χ0n) is 12.2. The van der Waals surface area contributed by atoms with Crippen molar-refractivity contribution in [1.82, 2.24) is 10.2 Å². The van der Waals surface area contributed by atoms with E-state index in [0.29, 0.717) is 6.54 Å². The van der Waals surface area contributed by atoms with Crippen molar-refractivity contribution in [2.24, 2.45) is 0 Å². The number of hydrogen-bond acceptors (Lipinski definition) is 2. The zero-order valence-corrected chi connectivity index (χ0v) is 12.2. The molecule has 1 aliphatic rings. The van der Waals surface area contributed by atoms with E-state index in [1.165, 1.54) is 5.56 Å². The molecule has 1 aliphatic heterocycles. The number of benzene rings is 1. The molecular formula is C16H24N2O2. The van der Waals surface area contributed by atoms with Crippen LogP contribution in [0.4, 0.5) is 4.79 Å². The van der Waals surface area contributed by atoms with Gasteiger partial charge in [-0.05, 0) is 31.7 Å². The normalized spacial score (nSPS) is 18.2. The molecule has 0 saturated carbocycles. The summed E-state index contributed by atoms with van der Waals surface area (Å²) in [7, 11) is 0. The van der Waals surface area contributed by atoms with Gasteiger partial charge in [0.15, 0.2) is 0 Å². The predicted octanol–water partition coefficient (Wildman–Crippen LogP) is 2.44. The highest BCUT2D eigenvalue weighted by Crippen LogP contribution is 2.13. The van der Waals surface area contributed by atoms with Crippen molar-refractivity contribution in [3.63, 3.8) is 0 Å². The van der Waals surface area contributed by atoms with E-state index in [0.717, 1.165) is 39.0 Å². The van der Waals surface area contributed by atoms with Crippen LogP contribution in [0.25, 0.3) is 0 Å². The van der Waals surface area contributed by atoms with Crippen LogP contribution in [0.3, 0.4) is 0 Å². The minimum Gasteiger partial charge on any atom is -0.376 e. The number of ether oxygens (including phenoxy) is 1. The Hall–Kier alpha value is -1.55. The van der Waals surface area contributed by atoms with Crippen LogP contribution in [0.2, 0.25) is 0 Å². The molecule has 1 heterocycles. The van der Waals surface area contributed by atoms with Crippen LogP contribution in [0.1, 0.15) is 25.3 Å². The summed E-state index contributed by atoms with van der Waals surface area (Å²) in [6.07, 6.45) is 3.23. The number of aryl methyl sites for hydroxylation is 1. The first-order chi connectivity index (χ1) is 9.79. The highest BCUT2D eigenvalue weighted by molar-refractivity contribution is 5.74. The number of nitrogens with one attached hydrogen (secondary N) is 1. The lowest BCUT2D eigenvalue weighted by Gasteiger charge is -2.16. The minimum atomic E-state index is 0.0304. The van der Waals surface area contributed by atoms with Gasteiger partial charge in [-0.2, -0.15) is 0 Å². The Labute approximate surface area is 121 Å². The van der Waals surface area contributed by atoms with Gasteiger partial charge in [0.05, 0.1) is 6.10 Å². The standard InChI is InChI=1S/C16H24N2O2/c1-2-17-16(19)18-11-10-15(13-18)20-12-6-9-14-7-4-3-5-8-14/h3-5,7-8,15H,2,6,9-13H2,1H3,(H,17,19). The number of likely N-dealkylation sites (tertiary alicyclic amines) is 1. The summed E-state index contributed by atoms with van der Waals surface area (Å²) in [5.74, 6) is 0. The van der Waals surface area contributed by atoms with Crippen molar-refractivity contribution in [2.75, 3.05) is 26.2 Å². The second kappa shape index (κ2) is 7.90. The summed E-state index contributed by atoms with van der Waals surface area (Å²) < 4.78 is 5.86. The molecule has 0 aromatic heterocycles. The van der Waals surface area contributed by atoms with Crippen molar-refractivity contribution >= 4 is 6.03 Å². The zero-order chi connectivity index (χ0) is 14.2. The second-order valence-corrected chi connectivity index (χ2v) is 5.15. The number of urea groups is 1. The summed E-state index contributed by atoms with van der Waals surface area (Å²) in [6.45, 7) is 4.90. The number of rotatable bonds is 6. The van der Waals surface area contributed by atoms with Gasteiger partial charge in [0.2, 0.25) is 0 Å². The van der Waals surface area contributed by atoms with Crippen LogP contribution < -0.4 is 5.32 Å². The Morgan fingerprint density at radius 2 is 2.20 bits per heavy atom. The lowest BCUT2D eigenvalue weighted by Crippen LogP contribution is -2.38. The number of carbonyl (C=O) groups is 1. The first kappa shape index (κ1) is 14.9. The third kappa shape index (κ3) is 4.53. The maximum absolute atomic E-state index is 11.7. The van der Waals surface area contributed by atoms with Crippen LogP contribution >= 0.6 is 0 Å². The van der Waals surface area contributed by atoms with E-state index in [-0.39, 0.29) is 12.1 Å². The second-order valence-electron chi connectivity index (χ2n) is 5.15. The maximum atomic E-state index is 11.7. The quantitative estimate of drug-likeness (QED) is 0.811. The summed E-state index contributed by atoms with van der Waals surface area (Å²) in [6, 6.07) is 10.5. The average Bonchev–Trinajstić information content (AvgIpc) is 2.94. The predicted molar refractivity (Wildman–Crippen MR) is 79.8 cm³/mol. The lowest BCUT2D eigenvalue weighted by molar-refractivity contribution is 0.0597. The minimum absolute atomic E-state index is 0.0304. The van der Waals surface area contributed by atoms with Crippen molar-refractivity contribution in [1.29, 1.82) is 0 Å². The summed E-state index contributed by atoms with van der Waals surface area (Å²) in [5, 5.41) is 2.83. The number of hydrogen-bond donors (Lipinski definition) is 1. The Kier molecular flexibility index (Phi) is 5.87. The van der Waals surface area contributed by atoms with Gasteiger partial charge in [0.1, 0.15) is 0 Å². The highest BCUT2D eigenvalue weighted by Gasteiger charge is 2.26. The first-order valence-corrected chi connectivity index (χ1v) is 7.48. The molecule has 0 bridgehead atoms. The molecular weight excluding hydrogens is 252 g/mol. The largest absolute Gasteiger partial charge is 0.376 e. The topological polar surface area (TPSA) is 41.6 Å². The summed E-state index contributed by atoms with van der Waals surface area (Å²) >= 11 is 0. The summed E-state index contributed by atoms with van der Waals surface area (Å²) in [4.78, 5) is 13.5. The third-order valence-electron chi connectivity index (χ3n) is 3.57. The maximum Gasteiger partial charge on any atom is 0.317 e. The van der Waals surface area contributed by atoms with E-state index in [1.807, 2.05) is 17.9 Å². The molecule has 4 nitrogen and oxygen atoms in total. The summed E-state index contributed by atoms with van der Waals surface area (Å²) in [5.41, 5.74) is 1.35. The molecule has 2 amide bonds. The lowest BCUT2D eigenvalue weighted by atomic mass is 10.1. The molecule has 0 spiro atoms. The molecule has 2 rings (SSSR count). The van der Waals surface area contributed by atoms with Gasteiger partial charge in [-0.1, -0.05) is 30.3 Å². The Morgan fingerprint density at radius 3 is 2.95 bits per heavy atom. The average molecular weight is 276 g/mol. The Balaban J connectivity index is 1.60. The number of carbonyl (C=O) groups excluding carboxylic acids is 1. The van der Waals surface area contributed by atoms with Crippen molar-refractivity contribution in [3.8, 4) is 0 Å². The van der Waals surface area contributed by atoms with Gasteiger partial charge in [-0.3, -0.25) is 0 Å². The molecule has 1 atom stereocenters. The van der Waals surface area contributed by atoms with Gasteiger partial charge < -0.3 is 15.0 Å². The fraction of sp³-hybridized carbons (Fsp3) is 0.562. The third-order valence-corrected chi connectivity index (χ3v) is 3.57. The Bertz CT molecular complexity index is 408. The van der Waals surface area contributed by atoms with Crippen molar-refractivity contribution in [2.45, 2.75) is 32.3 Å². The Morgan fingerprint density at radius 1 is 1.40 bits per heavy atom. The molecule has 1 N–H and O–H groups in total. The molecule has 0 aliphatic carbocycles. The molecule has 1 unspecified atom stereocenters. The van der Waals surface area contributed by atoms with E-state index in [1.54, 1.807) is 0 Å². The monoisotopic (exact) mass is 276 g/mol. The van der Waals surface area contributed by atoms with Crippen LogP contribution in [-0.4, -0.2) is 43.3 Å². The molecule has 110 valence electrons. The smallest absolute Gasteiger partial charge is 0.317 e. The highest BCUT2D eigenvalue weighted by atomic mass is 16.5. The number of amides is 2. The van der Waals surface area contributed by atoms with Gasteiger partial charge in [-0.15, -0.1) is 0 Å². The molecule has 1 fully saturated rings.